The molecule has 1 heterocycles. The third kappa shape index (κ3) is 6.04. The molecular weight excluding hydrogens is 326 g/mol. The Hall–Kier alpha value is -1.53. The summed E-state index contributed by atoms with van der Waals surface area (Å²) in [6.07, 6.45) is 4.13. The minimum absolute atomic E-state index is 0.183. The van der Waals surface area contributed by atoms with Crippen LogP contribution in [0.15, 0.2) is 18.2 Å². The van der Waals surface area contributed by atoms with Gasteiger partial charge in [-0.05, 0) is 18.6 Å². The number of carbonyl (C=O) groups excluding carboxylic acids is 1. The Labute approximate surface area is 148 Å². The predicted molar refractivity (Wildman–Crippen MR) is 93.7 cm³/mol. The quantitative estimate of drug-likeness (QED) is 0.638. The van der Waals surface area contributed by atoms with E-state index in [0.29, 0.717) is 26.3 Å². The summed E-state index contributed by atoms with van der Waals surface area (Å²) in [7, 11) is 0. The summed E-state index contributed by atoms with van der Waals surface area (Å²) in [5, 5.41) is 0. The molecule has 1 saturated heterocycles. The van der Waals surface area contributed by atoms with Crippen molar-refractivity contribution in [1.29, 1.82) is 0 Å². The van der Waals surface area contributed by atoms with Crippen LogP contribution in [-0.2, 0) is 4.74 Å². The summed E-state index contributed by atoms with van der Waals surface area (Å²) in [5.41, 5.74) is -0.183. The predicted octanol–water partition coefficient (Wildman–Crippen LogP) is 3.32. The van der Waals surface area contributed by atoms with Crippen LogP contribution in [0.25, 0.3) is 0 Å². The fourth-order valence-corrected chi connectivity index (χ4v) is 2.97. The number of nitrogens with zero attached hydrogens (tertiary/aromatic N) is 2. The molecule has 0 N–H and O–H groups in total. The highest BCUT2D eigenvalue weighted by atomic mass is 19.2. The van der Waals surface area contributed by atoms with Crippen molar-refractivity contribution >= 4 is 5.91 Å². The van der Waals surface area contributed by atoms with E-state index >= 15 is 0 Å². The average molecular weight is 354 g/mol. The van der Waals surface area contributed by atoms with E-state index in [1.807, 2.05) is 0 Å². The maximum Gasteiger partial charge on any atom is 0.256 e. The van der Waals surface area contributed by atoms with Gasteiger partial charge in [-0.3, -0.25) is 9.69 Å². The van der Waals surface area contributed by atoms with Gasteiger partial charge in [-0.2, -0.15) is 0 Å². The number of halogens is 2. The first kappa shape index (κ1) is 19.8. The lowest BCUT2D eigenvalue weighted by atomic mass is 10.1. The molecule has 1 amide bonds. The second-order valence-electron chi connectivity index (χ2n) is 6.41. The molecule has 25 heavy (non-hydrogen) atoms. The lowest BCUT2D eigenvalue weighted by Gasteiger charge is -2.30. The van der Waals surface area contributed by atoms with E-state index in [9.17, 15) is 13.6 Å². The van der Waals surface area contributed by atoms with Crippen LogP contribution in [0, 0.1) is 11.6 Å². The highest BCUT2D eigenvalue weighted by Gasteiger charge is 2.22. The molecule has 1 aliphatic rings. The average Bonchev–Trinajstić information content (AvgIpc) is 2.64. The van der Waals surface area contributed by atoms with Crippen LogP contribution in [0.1, 0.15) is 43.0 Å². The van der Waals surface area contributed by atoms with Crippen LogP contribution in [0.5, 0.6) is 0 Å². The van der Waals surface area contributed by atoms with Crippen LogP contribution in [0.3, 0.4) is 0 Å². The first-order valence-electron chi connectivity index (χ1n) is 9.17. The van der Waals surface area contributed by atoms with Crippen molar-refractivity contribution < 1.29 is 18.3 Å². The minimum atomic E-state index is -1.06. The molecule has 0 atom stereocenters. The fourth-order valence-electron chi connectivity index (χ4n) is 2.97. The summed E-state index contributed by atoms with van der Waals surface area (Å²) < 4.78 is 32.8. The number of hydrogen-bond donors (Lipinski definition) is 0. The Balaban J connectivity index is 2.00. The standard InChI is InChI=1S/C19H28F2N2O2/c1-2-3-4-5-9-23(11-10-22-12-14-25-15-13-22)19(24)16-7-6-8-17(20)18(16)21/h6-8H,2-5,9-15H2,1H3. The van der Waals surface area contributed by atoms with Crippen molar-refractivity contribution in [2.24, 2.45) is 0 Å². The molecule has 1 aliphatic heterocycles. The molecule has 0 spiro atoms. The normalized spacial score (nSPS) is 15.3. The second-order valence-corrected chi connectivity index (χ2v) is 6.41. The van der Waals surface area contributed by atoms with Gasteiger partial charge < -0.3 is 9.64 Å². The Kier molecular flexibility index (Phi) is 8.28. The minimum Gasteiger partial charge on any atom is -0.379 e. The zero-order chi connectivity index (χ0) is 18.1. The van der Waals surface area contributed by atoms with Crippen LogP contribution in [0.4, 0.5) is 8.78 Å². The zero-order valence-electron chi connectivity index (χ0n) is 15.0. The molecule has 0 aromatic heterocycles. The van der Waals surface area contributed by atoms with Crippen LogP contribution < -0.4 is 0 Å². The number of amides is 1. The lowest BCUT2D eigenvalue weighted by molar-refractivity contribution is 0.0323. The van der Waals surface area contributed by atoms with E-state index in [1.54, 1.807) is 4.90 Å². The Morgan fingerprint density at radius 3 is 2.64 bits per heavy atom. The molecule has 0 saturated carbocycles. The van der Waals surface area contributed by atoms with Gasteiger partial charge in [0, 0.05) is 32.7 Å². The van der Waals surface area contributed by atoms with E-state index in [-0.39, 0.29) is 5.56 Å². The number of carbonyl (C=O) groups is 1. The van der Waals surface area contributed by atoms with Crippen molar-refractivity contribution in [1.82, 2.24) is 9.80 Å². The Bertz CT molecular complexity index is 548. The van der Waals surface area contributed by atoms with Gasteiger partial charge >= 0.3 is 0 Å². The molecule has 6 heteroatoms. The number of rotatable bonds is 9. The molecule has 140 valence electrons. The van der Waals surface area contributed by atoms with Crippen molar-refractivity contribution in [3.8, 4) is 0 Å². The summed E-state index contributed by atoms with van der Waals surface area (Å²) >= 11 is 0. The highest BCUT2D eigenvalue weighted by molar-refractivity contribution is 5.94. The van der Waals surface area contributed by atoms with Crippen molar-refractivity contribution in [3.05, 3.63) is 35.4 Å². The molecule has 2 rings (SSSR count). The van der Waals surface area contributed by atoms with Gasteiger partial charge in [0.15, 0.2) is 11.6 Å². The van der Waals surface area contributed by atoms with Gasteiger partial charge in [0.1, 0.15) is 0 Å². The summed E-state index contributed by atoms with van der Waals surface area (Å²) in [6.45, 7) is 7.01. The smallest absolute Gasteiger partial charge is 0.256 e. The van der Waals surface area contributed by atoms with Crippen molar-refractivity contribution in [2.75, 3.05) is 45.9 Å². The number of ether oxygens (including phenoxy) is 1. The maximum absolute atomic E-state index is 14.0. The molecule has 0 unspecified atom stereocenters. The van der Waals surface area contributed by atoms with Gasteiger partial charge in [0.25, 0.3) is 5.91 Å². The largest absolute Gasteiger partial charge is 0.379 e. The number of hydrogen-bond acceptors (Lipinski definition) is 3. The van der Waals surface area contributed by atoms with Crippen LogP contribution >= 0.6 is 0 Å². The molecule has 1 fully saturated rings. The summed E-state index contributed by atoms with van der Waals surface area (Å²) in [6, 6.07) is 3.77. The summed E-state index contributed by atoms with van der Waals surface area (Å²) in [4.78, 5) is 16.6. The second kappa shape index (κ2) is 10.5. The van der Waals surface area contributed by atoms with E-state index < -0.39 is 17.5 Å². The number of unbranched alkanes of at least 4 members (excludes halogenated alkanes) is 3. The highest BCUT2D eigenvalue weighted by Crippen LogP contribution is 2.15. The zero-order valence-corrected chi connectivity index (χ0v) is 15.0. The first-order chi connectivity index (χ1) is 12.1. The molecule has 0 radical (unpaired) electrons. The fraction of sp³-hybridized carbons (Fsp3) is 0.632. The van der Waals surface area contributed by atoms with Crippen molar-refractivity contribution in [2.45, 2.75) is 32.6 Å². The van der Waals surface area contributed by atoms with Gasteiger partial charge in [0.2, 0.25) is 0 Å². The summed E-state index contributed by atoms with van der Waals surface area (Å²) in [5.74, 6) is -2.47. The maximum atomic E-state index is 14.0. The third-order valence-electron chi connectivity index (χ3n) is 4.54. The Morgan fingerprint density at radius 1 is 1.16 bits per heavy atom. The lowest BCUT2D eigenvalue weighted by Crippen LogP contribution is -2.43. The van der Waals surface area contributed by atoms with Crippen molar-refractivity contribution in [3.63, 3.8) is 0 Å². The van der Waals surface area contributed by atoms with E-state index in [2.05, 4.69) is 11.8 Å². The van der Waals surface area contributed by atoms with E-state index in [1.165, 1.54) is 12.1 Å². The van der Waals surface area contributed by atoms with Gasteiger partial charge in [0.05, 0.1) is 18.8 Å². The molecule has 0 bridgehead atoms. The first-order valence-corrected chi connectivity index (χ1v) is 9.17. The van der Waals surface area contributed by atoms with Crippen LogP contribution in [-0.4, -0.2) is 61.6 Å². The van der Waals surface area contributed by atoms with Gasteiger partial charge in [-0.25, -0.2) is 8.78 Å². The third-order valence-corrected chi connectivity index (χ3v) is 4.54. The van der Waals surface area contributed by atoms with E-state index in [4.69, 9.17) is 4.74 Å². The number of morpholine rings is 1. The molecule has 1 aromatic rings. The topological polar surface area (TPSA) is 32.8 Å². The molecule has 1 aromatic carbocycles. The van der Waals surface area contributed by atoms with Gasteiger partial charge in [-0.1, -0.05) is 32.3 Å². The molecular formula is C19H28F2N2O2. The SMILES string of the molecule is CCCCCCN(CCN1CCOCC1)C(=O)c1cccc(F)c1F. The molecule has 0 aliphatic carbocycles. The number of benzene rings is 1. The van der Waals surface area contributed by atoms with Crippen LogP contribution in [0.2, 0.25) is 0 Å². The van der Waals surface area contributed by atoms with Gasteiger partial charge in [-0.15, -0.1) is 0 Å². The Morgan fingerprint density at radius 2 is 1.92 bits per heavy atom. The monoisotopic (exact) mass is 354 g/mol. The van der Waals surface area contributed by atoms with E-state index in [0.717, 1.165) is 51.4 Å². The molecule has 4 nitrogen and oxygen atoms in total.